The maximum Gasteiger partial charge on any atom is 0.251 e. The molecule has 0 saturated carbocycles. The predicted octanol–water partition coefficient (Wildman–Crippen LogP) is 2.63. The largest absolute Gasteiger partial charge is 0.496 e. The zero-order valence-electron chi connectivity index (χ0n) is 16.5. The number of aliphatic imine (C=N–C) groups is 1. The van der Waals surface area contributed by atoms with Gasteiger partial charge in [0.05, 0.1) is 13.7 Å². The predicted molar refractivity (Wildman–Crippen MR) is 109 cm³/mol. The minimum atomic E-state index is -0.385. The number of para-hydroxylation sites is 1. The molecule has 0 unspecified atom stereocenters. The first-order valence-corrected chi connectivity index (χ1v) is 9.23. The van der Waals surface area contributed by atoms with Crippen molar-refractivity contribution in [1.82, 2.24) is 16.0 Å². The van der Waals surface area contributed by atoms with E-state index in [0.29, 0.717) is 43.3 Å². The summed E-state index contributed by atoms with van der Waals surface area (Å²) in [5.41, 5.74) is 1.80. The van der Waals surface area contributed by atoms with Gasteiger partial charge in [-0.2, -0.15) is 0 Å². The third-order valence-electron chi connectivity index (χ3n) is 4.08. The van der Waals surface area contributed by atoms with Crippen LogP contribution in [0.2, 0.25) is 0 Å². The second-order valence-corrected chi connectivity index (χ2v) is 6.15. The van der Waals surface area contributed by atoms with Crippen LogP contribution in [-0.2, 0) is 6.54 Å². The molecule has 0 fully saturated rings. The van der Waals surface area contributed by atoms with Crippen molar-refractivity contribution in [3.05, 3.63) is 65.0 Å². The number of carbonyl (C=O) groups excluding carboxylic acids is 1. The van der Waals surface area contributed by atoms with Crippen molar-refractivity contribution in [1.29, 1.82) is 0 Å². The molecule has 7 heteroatoms. The normalized spacial score (nSPS) is 11.1. The van der Waals surface area contributed by atoms with Crippen molar-refractivity contribution in [3.8, 4) is 5.75 Å². The van der Waals surface area contributed by atoms with Crippen molar-refractivity contribution in [3.63, 3.8) is 0 Å². The molecular formula is C21H27FN4O2. The Labute approximate surface area is 165 Å². The van der Waals surface area contributed by atoms with Crippen LogP contribution >= 0.6 is 0 Å². The third-order valence-corrected chi connectivity index (χ3v) is 4.08. The average Bonchev–Trinajstić information content (AvgIpc) is 2.71. The zero-order valence-corrected chi connectivity index (χ0v) is 16.5. The molecule has 0 atom stereocenters. The lowest BCUT2D eigenvalue weighted by molar-refractivity contribution is 0.0954. The van der Waals surface area contributed by atoms with E-state index in [1.807, 2.05) is 31.2 Å². The van der Waals surface area contributed by atoms with Crippen LogP contribution in [-0.4, -0.2) is 38.6 Å². The molecule has 0 saturated heterocycles. The molecule has 0 radical (unpaired) electrons. The van der Waals surface area contributed by atoms with Crippen LogP contribution in [0.3, 0.4) is 0 Å². The van der Waals surface area contributed by atoms with E-state index in [2.05, 4.69) is 20.9 Å². The maximum atomic E-state index is 13.6. The Balaban J connectivity index is 1.85. The maximum absolute atomic E-state index is 13.6. The van der Waals surface area contributed by atoms with Crippen LogP contribution < -0.4 is 20.7 Å². The molecule has 28 heavy (non-hydrogen) atoms. The molecule has 0 bridgehead atoms. The summed E-state index contributed by atoms with van der Waals surface area (Å²) in [5, 5.41) is 9.09. The molecule has 6 nitrogen and oxygen atoms in total. The number of methoxy groups -OCH3 is 1. The number of carbonyl (C=O) groups is 1. The summed E-state index contributed by atoms with van der Waals surface area (Å²) in [7, 11) is 1.63. The quantitative estimate of drug-likeness (QED) is 0.370. The highest BCUT2D eigenvalue weighted by Crippen LogP contribution is 2.17. The number of aryl methyl sites for hydroxylation is 1. The Morgan fingerprint density at radius 1 is 1.11 bits per heavy atom. The summed E-state index contributed by atoms with van der Waals surface area (Å²) in [6.07, 6.45) is 0. The van der Waals surface area contributed by atoms with Crippen molar-refractivity contribution < 1.29 is 13.9 Å². The van der Waals surface area contributed by atoms with Gasteiger partial charge in [-0.15, -0.1) is 0 Å². The van der Waals surface area contributed by atoms with E-state index in [0.717, 1.165) is 11.3 Å². The van der Waals surface area contributed by atoms with E-state index in [1.165, 1.54) is 6.07 Å². The van der Waals surface area contributed by atoms with E-state index >= 15 is 0 Å². The molecule has 150 valence electrons. The summed E-state index contributed by atoms with van der Waals surface area (Å²) in [6, 6.07) is 12.2. The monoisotopic (exact) mass is 386 g/mol. The van der Waals surface area contributed by atoms with Crippen LogP contribution in [0.15, 0.2) is 47.5 Å². The van der Waals surface area contributed by atoms with Gasteiger partial charge in [-0.3, -0.25) is 4.79 Å². The van der Waals surface area contributed by atoms with Crippen LogP contribution in [0.25, 0.3) is 0 Å². The lowest BCUT2D eigenvalue weighted by Crippen LogP contribution is -2.41. The van der Waals surface area contributed by atoms with E-state index in [1.54, 1.807) is 26.2 Å². The van der Waals surface area contributed by atoms with Gasteiger partial charge in [-0.1, -0.05) is 24.3 Å². The number of nitrogens with zero attached hydrogens (tertiary/aromatic N) is 1. The summed E-state index contributed by atoms with van der Waals surface area (Å²) in [5.74, 6) is 0.740. The molecule has 2 aromatic carbocycles. The summed E-state index contributed by atoms with van der Waals surface area (Å²) in [4.78, 5) is 16.6. The molecule has 2 aromatic rings. The first-order valence-electron chi connectivity index (χ1n) is 9.23. The van der Waals surface area contributed by atoms with Gasteiger partial charge in [0.1, 0.15) is 11.6 Å². The van der Waals surface area contributed by atoms with E-state index < -0.39 is 0 Å². The lowest BCUT2D eigenvalue weighted by atomic mass is 10.1. The van der Waals surface area contributed by atoms with Gasteiger partial charge in [0.25, 0.3) is 5.91 Å². The first-order chi connectivity index (χ1) is 13.5. The number of amides is 1. The number of halogens is 1. The Hall–Kier alpha value is -3.09. The Morgan fingerprint density at radius 2 is 1.86 bits per heavy atom. The van der Waals surface area contributed by atoms with E-state index in [-0.39, 0.29) is 11.7 Å². The molecular weight excluding hydrogens is 359 g/mol. The molecule has 0 aromatic heterocycles. The van der Waals surface area contributed by atoms with E-state index in [9.17, 15) is 9.18 Å². The summed E-state index contributed by atoms with van der Waals surface area (Å²) in [6.45, 7) is 5.69. The molecule has 0 spiro atoms. The fourth-order valence-electron chi connectivity index (χ4n) is 2.53. The van der Waals surface area contributed by atoms with E-state index in [4.69, 9.17) is 4.74 Å². The highest BCUT2D eigenvalue weighted by atomic mass is 19.1. The van der Waals surface area contributed by atoms with Gasteiger partial charge in [-0.25, -0.2) is 9.38 Å². The molecule has 0 aliphatic carbocycles. The van der Waals surface area contributed by atoms with Gasteiger partial charge in [0.15, 0.2) is 5.96 Å². The minimum absolute atomic E-state index is 0.305. The third kappa shape index (κ3) is 6.26. The SMILES string of the molecule is CCNC(=NCc1ccccc1OC)NCCNC(=O)c1ccc(C)c(F)c1. The zero-order chi connectivity index (χ0) is 20.4. The number of hydrogen-bond donors (Lipinski definition) is 3. The van der Waals surface area contributed by atoms with Gasteiger partial charge in [0, 0.05) is 30.8 Å². The topological polar surface area (TPSA) is 74.8 Å². The van der Waals surface area contributed by atoms with Gasteiger partial charge in [0.2, 0.25) is 0 Å². The van der Waals surface area contributed by atoms with Crippen molar-refractivity contribution >= 4 is 11.9 Å². The second kappa shape index (κ2) is 10.9. The molecule has 0 aliphatic rings. The van der Waals surface area contributed by atoms with Gasteiger partial charge in [-0.05, 0) is 37.6 Å². The average molecular weight is 386 g/mol. The smallest absolute Gasteiger partial charge is 0.251 e. The standard InChI is InChI=1S/C21H27FN4O2/c1-4-23-21(26-14-17-7-5-6-8-19(17)28-3)25-12-11-24-20(27)16-10-9-15(2)18(22)13-16/h5-10,13H,4,11-12,14H2,1-3H3,(H,24,27)(H2,23,25,26). The van der Waals surface area contributed by atoms with Crippen LogP contribution in [0.5, 0.6) is 5.75 Å². The number of rotatable bonds is 8. The Bertz CT molecular complexity index is 824. The van der Waals surface area contributed by atoms with Crippen LogP contribution in [0.4, 0.5) is 4.39 Å². The summed E-state index contributed by atoms with van der Waals surface area (Å²) >= 11 is 0. The Kier molecular flexibility index (Phi) is 8.27. The molecule has 0 heterocycles. The highest BCUT2D eigenvalue weighted by molar-refractivity contribution is 5.94. The lowest BCUT2D eigenvalue weighted by Gasteiger charge is -2.13. The first kappa shape index (κ1) is 21.2. The second-order valence-electron chi connectivity index (χ2n) is 6.15. The number of ether oxygens (including phenoxy) is 1. The number of benzene rings is 2. The number of hydrogen-bond acceptors (Lipinski definition) is 3. The van der Waals surface area contributed by atoms with Crippen molar-refractivity contribution in [2.45, 2.75) is 20.4 Å². The van der Waals surface area contributed by atoms with Crippen LogP contribution in [0.1, 0.15) is 28.4 Å². The van der Waals surface area contributed by atoms with Crippen LogP contribution in [0, 0.1) is 12.7 Å². The molecule has 2 rings (SSSR count). The fraction of sp³-hybridized carbons (Fsp3) is 0.333. The molecule has 3 N–H and O–H groups in total. The van der Waals surface area contributed by atoms with Gasteiger partial charge < -0.3 is 20.7 Å². The number of guanidine groups is 1. The number of nitrogens with one attached hydrogen (secondary N) is 3. The molecule has 1 amide bonds. The van der Waals surface area contributed by atoms with Crippen molar-refractivity contribution in [2.75, 3.05) is 26.7 Å². The Morgan fingerprint density at radius 3 is 2.57 bits per heavy atom. The fourth-order valence-corrected chi connectivity index (χ4v) is 2.53. The summed E-state index contributed by atoms with van der Waals surface area (Å²) < 4.78 is 18.9. The molecule has 0 aliphatic heterocycles. The van der Waals surface area contributed by atoms with Gasteiger partial charge >= 0.3 is 0 Å². The highest BCUT2D eigenvalue weighted by Gasteiger charge is 2.08. The van der Waals surface area contributed by atoms with Crippen molar-refractivity contribution in [2.24, 2.45) is 4.99 Å². The minimum Gasteiger partial charge on any atom is -0.496 e.